The van der Waals surface area contributed by atoms with Crippen LogP contribution >= 0.6 is 0 Å². The fourth-order valence-electron chi connectivity index (χ4n) is 2.11. The number of pyridine rings is 1. The van der Waals surface area contributed by atoms with Gasteiger partial charge in [0.15, 0.2) is 17.3 Å². The molecule has 0 saturated heterocycles. The van der Waals surface area contributed by atoms with Gasteiger partial charge in [-0.3, -0.25) is 9.78 Å². The summed E-state index contributed by atoms with van der Waals surface area (Å²) in [5, 5.41) is 0.737. The van der Waals surface area contributed by atoms with Crippen molar-refractivity contribution in [2.24, 2.45) is 0 Å². The Hall–Kier alpha value is -2.69. The number of aromatic amines is 1. The van der Waals surface area contributed by atoms with Crippen LogP contribution in [0.1, 0.15) is 15.9 Å². The number of fused-ring (bicyclic) bond motifs is 1. The minimum absolute atomic E-state index is 0.0498. The highest BCUT2D eigenvalue weighted by molar-refractivity contribution is 6.16. The molecule has 0 spiro atoms. The van der Waals surface area contributed by atoms with E-state index >= 15 is 0 Å². The van der Waals surface area contributed by atoms with Gasteiger partial charge in [-0.15, -0.1) is 0 Å². The first-order chi connectivity index (χ1) is 9.70. The molecule has 0 aliphatic heterocycles. The molecule has 3 rings (SSSR count). The zero-order chi connectivity index (χ0) is 14.1. The van der Waals surface area contributed by atoms with Crippen molar-refractivity contribution in [3.05, 3.63) is 59.8 Å². The summed E-state index contributed by atoms with van der Waals surface area (Å²) in [5.74, 6) is -0.652. The molecule has 0 unspecified atom stereocenters. The highest BCUT2D eigenvalue weighted by Gasteiger charge is 2.16. The quantitative estimate of drug-likeness (QED) is 0.744. The van der Waals surface area contributed by atoms with E-state index in [1.165, 1.54) is 25.3 Å². The predicted octanol–water partition coefficient (Wildman–Crippen LogP) is 2.94. The minimum atomic E-state index is -0.496. The molecule has 1 aromatic carbocycles. The second-order valence-corrected chi connectivity index (χ2v) is 4.30. The Balaban J connectivity index is 2.08. The van der Waals surface area contributed by atoms with Crippen LogP contribution in [-0.4, -0.2) is 22.9 Å². The van der Waals surface area contributed by atoms with E-state index in [9.17, 15) is 9.18 Å². The zero-order valence-corrected chi connectivity index (χ0v) is 10.7. The third-order valence-corrected chi connectivity index (χ3v) is 3.14. The number of rotatable bonds is 3. The van der Waals surface area contributed by atoms with Crippen molar-refractivity contribution in [3.63, 3.8) is 0 Å². The molecule has 100 valence electrons. The maximum atomic E-state index is 13.4. The minimum Gasteiger partial charge on any atom is -0.494 e. The third kappa shape index (κ3) is 1.93. The molecule has 0 amide bonds. The van der Waals surface area contributed by atoms with E-state index in [1.54, 1.807) is 24.7 Å². The van der Waals surface area contributed by atoms with Crippen molar-refractivity contribution in [2.45, 2.75) is 0 Å². The fraction of sp³-hybridized carbons (Fsp3) is 0.0667. The Morgan fingerprint density at radius 2 is 2.20 bits per heavy atom. The van der Waals surface area contributed by atoms with Gasteiger partial charge in [-0.2, -0.15) is 0 Å². The van der Waals surface area contributed by atoms with Crippen LogP contribution in [0, 0.1) is 5.82 Å². The van der Waals surface area contributed by atoms with Crippen LogP contribution in [0.2, 0.25) is 0 Å². The maximum Gasteiger partial charge on any atom is 0.195 e. The Bertz CT molecular complexity index is 795. The van der Waals surface area contributed by atoms with Crippen molar-refractivity contribution >= 4 is 16.7 Å². The molecule has 2 heterocycles. The summed E-state index contributed by atoms with van der Waals surface area (Å²) in [7, 11) is 1.36. The number of benzene rings is 1. The monoisotopic (exact) mass is 270 g/mol. The number of H-pyrrole nitrogens is 1. The number of carbonyl (C=O) groups excluding carboxylic acids is 1. The largest absolute Gasteiger partial charge is 0.494 e. The SMILES string of the molecule is COc1cc(C(=O)c2c[nH]c3ccncc23)ccc1F. The van der Waals surface area contributed by atoms with Gasteiger partial charge in [-0.05, 0) is 24.3 Å². The van der Waals surface area contributed by atoms with Gasteiger partial charge < -0.3 is 9.72 Å². The van der Waals surface area contributed by atoms with Gasteiger partial charge in [0, 0.05) is 40.6 Å². The lowest BCUT2D eigenvalue weighted by Gasteiger charge is -2.04. The first kappa shape index (κ1) is 12.3. The Kier molecular flexibility index (Phi) is 2.95. The van der Waals surface area contributed by atoms with Gasteiger partial charge in [0.05, 0.1) is 7.11 Å². The summed E-state index contributed by atoms with van der Waals surface area (Å²) >= 11 is 0. The second-order valence-electron chi connectivity index (χ2n) is 4.30. The standard InChI is InChI=1S/C15H11FN2O2/c1-20-14-6-9(2-3-12(14)16)15(19)11-8-18-13-4-5-17-7-10(11)13/h2-8,18H,1H3. The average molecular weight is 270 g/mol. The lowest BCUT2D eigenvalue weighted by Crippen LogP contribution is -2.01. The summed E-state index contributed by atoms with van der Waals surface area (Å²) in [6.45, 7) is 0. The van der Waals surface area contributed by atoms with E-state index in [0.29, 0.717) is 11.1 Å². The molecule has 4 nitrogen and oxygen atoms in total. The predicted molar refractivity (Wildman–Crippen MR) is 72.5 cm³/mol. The summed E-state index contributed by atoms with van der Waals surface area (Å²) in [5.41, 5.74) is 1.70. The third-order valence-electron chi connectivity index (χ3n) is 3.14. The van der Waals surface area contributed by atoms with Crippen LogP contribution in [0.3, 0.4) is 0 Å². The molecule has 2 aromatic heterocycles. The number of halogens is 1. The van der Waals surface area contributed by atoms with Crippen LogP contribution in [0.25, 0.3) is 10.9 Å². The van der Waals surface area contributed by atoms with Crippen molar-refractivity contribution in [1.29, 1.82) is 0 Å². The van der Waals surface area contributed by atoms with E-state index in [0.717, 1.165) is 10.9 Å². The fourth-order valence-corrected chi connectivity index (χ4v) is 2.11. The number of ketones is 1. The molecular weight excluding hydrogens is 259 g/mol. The molecule has 0 radical (unpaired) electrons. The van der Waals surface area contributed by atoms with Crippen molar-refractivity contribution in [1.82, 2.24) is 9.97 Å². The highest BCUT2D eigenvalue weighted by Crippen LogP contribution is 2.23. The molecule has 0 fully saturated rings. The number of hydrogen-bond donors (Lipinski definition) is 1. The Labute approximate surface area is 114 Å². The average Bonchev–Trinajstić information content (AvgIpc) is 2.91. The van der Waals surface area contributed by atoms with Gasteiger partial charge in [0.2, 0.25) is 0 Å². The summed E-state index contributed by atoms with van der Waals surface area (Å²) in [6, 6.07) is 5.85. The van der Waals surface area contributed by atoms with Crippen molar-refractivity contribution in [2.75, 3.05) is 7.11 Å². The van der Waals surface area contributed by atoms with E-state index in [-0.39, 0.29) is 11.5 Å². The molecule has 0 bridgehead atoms. The molecule has 5 heteroatoms. The van der Waals surface area contributed by atoms with Crippen LogP contribution in [-0.2, 0) is 0 Å². The van der Waals surface area contributed by atoms with E-state index in [2.05, 4.69) is 9.97 Å². The normalized spacial score (nSPS) is 10.7. The van der Waals surface area contributed by atoms with Crippen LogP contribution in [0.4, 0.5) is 4.39 Å². The van der Waals surface area contributed by atoms with E-state index in [1.807, 2.05) is 0 Å². The van der Waals surface area contributed by atoms with Gasteiger partial charge in [-0.1, -0.05) is 0 Å². The van der Waals surface area contributed by atoms with Crippen LogP contribution in [0.15, 0.2) is 42.9 Å². The second kappa shape index (κ2) is 4.77. The highest BCUT2D eigenvalue weighted by atomic mass is 19.1. The smallest absolute Gasteiger partial charge is 0.195 e. The molecule has 3 aromatic rings. The molecule has 0 aliphatic rings. The van der Waals surface area contributed by atoms with E-state index in [4.69, 9.17) is 4.74 Å². The number of nitrogens with zero attached hydrogens (tertiary/aromatic N) is 1. The van der Waals surface area contributed by atoms with Crippen LogP contribution < -0.4 is 4.74 Å². The number of methoxy groups -OCH3 is 1. The summed E-state index contributed by atoms with van der Waals surface area (Å²) < 4.78 is 18.3. The topological polar surface area (TPSA) is 55.0 Å². The lowest BCUT2D eigenvalue weighted by molar-refractivity contribution is 0.104. The van der Waals surface area contributed by atoms with Gasteiger partial charge in [0.25, 0.3) is 0 Å². The van der Waals surface area contributed by atoms with Crippen LogP contribution in [0.5, 0.6) is 5.75 Å². The van der Waals surface area contributed by atoms with Crippen molar-refractivity contribution in [3.8, 4) is 5.75 Å². The van der Waals surface area contributed by atoms with E-state index < -0.39 is 5.82 Å². The number of aromatic nitrogens is 2. The van der Waals surface area contributed by atoms with Crippen molar-refractivity contribution < 1.29 is 13.9 Å². The molecule has 0 atom stereocenters. The maximum absolute atomic E-state index is 13.4. The zero-order valence-electron chi connectivity index (χ0n) is 10.7. The number of hydrogen-bond acceptors (Lipinski definition) is 3. The molecular formula is C15H11FN2O2. The molecule has 0 aliphatic carbocycles. The van der Waals surface area contributed by atoms with Gasteiger partial charge in [-0.25, -0.2) is 4.39 Å². The molecule has 20 heavy (non-hydrogen) atoms. The first-order valence-corrected chi connectivity index (χ1v) is 6.00. The first-order valence-electron chi connectivity index (χ1n) is 6.00. The summed E-state index contributed by atoms with van der Waals surface area (Å²) in [4.78, 5) is 19.5. The van der Waals surface area contributed by atoms with Gasteiger partial charge in [0.1, 0.15) is 0 Å². The molecule has 1 N–H and O–H groups in total. The Morgan fingerprint density at radius 1 is 1.35 bits per heavy atom. The van der Waals surface area contributed by atoms with Gasteiger partial charge >= 0.3 is 0 Å². The number of carbonyl (C=O) groups is 1. The lowest BCUT2D eigenvalue weighted by atomic mass is 10.0. The summed E-state index contributed by atoms with van der Waals surface area (Å²) in [6.07, 6.45) is 4.90. The molecule has 0 saturated carbocycles. The number of ether oxygens (including phenoxy) is 1. The Morgan fingerprint density at radius 3 is 3.00 bits per heavy atom. The number of nitrogens with one attached hydrogen (secondary N) is 1.